The molecule has 0 rings (SSSR count). The van der Waals surface area contributed by atoms with Gasteiger partial charge in [0, 0.05) is 19.3 Å². The van der Waals surface area contributed by atoms with Gasteiger partial charge in [0.15, 0.2) is 6.10 Å². The summed E-state index contributed by atoms with van der Waals surface area (Å²) in [6.45, 7) is 6.47. The molecule has 0 bridgehead atoms. The summed E-state index contributed by atoms with van der Waals surface area (Å²) in [5, 5.41) is 0. The van der Waals surface area contributed by atoms with Crippen LogP contribution in [0, 0.1) is 0 Å². The summed E-state index contributed by atoms with van der Waals surface area (Å²) in [6, 6.07) is 0. The van der Waals surface area contributed by atoms with Crippen molar-refractivity contribution in [1.82, 2.24) is 0 Å². The second-order valence-corrected chi connectivity index (χ2v) is 17.5. The molecule has 0 saturated heterocycles. The van der Waals surface area contributed by atoms with Crippen LogP contribution in [0.25, 0.3) is 0 Å². The van der Waals surface area contributed by atoms with E-state index in [0.717, 1.165) is 70.6 Å². The van der Waals surface area contributed by atoms with E-state index in [-0.39, 0.29) is 37.5 Å². The number of ether oxygens (including phenoxy) is 3. The van der Waals surface area contributed by atoms with Crippen LogP contribution in [0.5, 0.6) is 0 Å². The van der Waals surface area contributed by atoms with Crippen LogP contribution in [0.1, 0.15) is 258 Å². The van der Waals surface area contributed by atoms with Crippen molar-refractivity contribution in [2.75, 3.05) is 13.2 Å². The number of hydrogen-bond donors (Lipinski definition) is 0. The quantitative estimate of drug-likeness (QED) is 0.0199. The van der Waals surface area contributed by atoms with Crippen molar-refractivity contribution >= 4 is 17.9 Å². The van der Waals surface area contributed by atoms with E-state index in [9.17, 15) is 14.4 Å². The van der Waals surface area contributed by atoms with E-state index in [0.29, 0.717) is 12.8 Å². The van der Waals surface area contributed by atoms with Crippen LogP contribution in [-0.4, -0.2) is 37.2 Å². The second kappa shape index (κ2) is 50.8. The highest BCUT2D eigenvalue weighted by atomic mass is 16.6. The van der Waals surface area contributed by atoms with Gasteiger partial charge >= 0.3 is 17.9 Å². The number of esters is 3. The molecule has 0 N–H and O–H groups in total. The maximum atomic E-state index is 12.8. The molecule has 0 radical (unpaired) electrons. The van der Waals surface area contributed by atoms with Crippen molar-refractivity contribution in [1.29, 1.82) is 0 Å². The SMILES string of the molecule is CC\C=C/C=C\C=C/C=C\CCCCCC(=O)OC(COC(=O)CCCCCCCCC/C=C\CCCCCCCCCC)COC(=O)CCCCCCCCCCCCCC. The molecule has 62 heavy (non-hydrogen) atoms. The predicted molar refractivity (Wildman–Crippen MR) is 265 cm³/mol. The Kier molecular flexibility index (Phi) is 48.4. The van der Waals surface area contributed by atoms with Gasteiger partial charge in [-0.25, -0.2) is 0 Å². The van der Waals surface area contributed by atoms with Gasteiger partial charge in [0.25, 0.3) is 0 Å². The Morgan fingerprint density at radius 1 is 0.339 bits per heavy atom. The molecule has 0 amide bonds. The Labute approximate surface area is 383 Å². The molecule has 0 aliphatic carbocycles. The third kappa shape index (κ3) is 48.1. The van der Waals surface area contributed by atoms with Crippen molar-refractivity contribution in [3.8, 4) is 0 Å². The fourth-order valence-electron chi connectivity index (χ4n) is 7.39. The zero-order chi connectivity index (χ0) is 45.1. The van der Waals surface area contributed by atoms with Gasteiger partial charge in [-0.1, -0.05) is 236 Å². The fourth-order valence-corrected chi connectivity index (χ4v) is 7.39. The molecule has 0 heterocycles. The lowest BCUT2D eigenvalue weighted by Gasteiger charge is -2.18. The summed E-state index contributed by atoms with van der Waals surface area (Å²) in [5.41, 5.74) is 0. The molecule has 0 saturated carbocycles. The van der Waals surface area contributed by atoms with Crippen molar-refractivity contribution in [3.63, 3.8) is 0 Å². The summed E-state index contributed by atoms with van der Waals surface area (Å²) < 4.78 is 16.8. The van der Waals surface area contributed by atoms with Gasteiger partial charge in [-0.2, -0.15) is 0 Å². The molecular weight excluding hydrogens is 769 g/mol. The molecule has 6 nitrogen and oxygen atoms in total. The van der Waals surface area contributed by atoms with Crippen LogP contribution in [0.4, 0.5) is 0 Å². The minimum atomic E-state index is -0.793. The predicted octanol–water partition coefficient (Wildman–Crippen LogP) is 17.3. The van der Waals surface area contributed by atoms with Gasteiger partial charge in [0.1, 0.15) is 13.2 Å². The molecule has 0 fully saturated rings. The monoisotopic (exact) mass is 867 g/mol. The summed E-state index contributed by atoms with van der Waals surface area (Å²) in [4.78, 5) is 37.9. The molecule has 0 aliphatic heterocycles. The Morgan fingerprint density at radius 2 is 0.645 bits per heavy atom. The average molecular weight is 867 g/mol. The van der Waals surface area contributed by atoms with Gasteiger partial charge in [0.05, 0.1) is 0 Å². The lowest BCUT2D eigenvalue weighted by Crippen LogP contribution is -2.30. The van der Waals surface area contributed by atoms with E-state index in [2.05, 4.69) is 45.1 Å². The summed E-state index contributed by atoms with van der Waals surface area (Å²) >= 11 is 0. The van der Waals surface area contributed by atoms with Crippen LogP contribution < -0.4 is 0 Å². The first-order valence-corrected chi connectivity index (χ1v) is 26.3. The van der Waals surface area contributed by atoms with Crippen molar-refractivity contribution in [3.05, 3.63) is 60.8 Å². The number of carbonyl (C=O) groups excluding carboxylic acids is 3. The number of hydrogen-bond acceptors (Lipinski definition) is 6. The summed E-state index contributed by atoms with van der Waals surface area (Å²) in [6.07, 6.45) is 62.1. The minimum Gasteiger partial charge on any atom is -0.462 e. The van der Waals surface area contributed by atoms with Gasteiger partial charge in [-0.3, -0.25) is 14.4 Å². The maximum Gasteiger partial charge on any atom is 0.306 e. The lowest BCUT2D eigenvalue weighted by molar-refractivity contribution is -0.167. The highest BCUT2D eigenvalue weighted by molar-refractivity contribution is 5.71. The van der Waals surface area contributed by atoms with Crippen molar-refractivity contribution in [2.24, 2.45) is 0 Å². The van der Waals surface area contributed by atoms with E-state index in [1.807, 2.05) is 36.5 Å². The van der Waals surface area contributed by atoms with E-state index in [1.165, 1.54) is 148 Å². The first-order chi connectivity index (χ1) is 30.5. The topological polar surface area (TPSA) is 78.9 Å². The molecule has 1 atom stereocenters. The Morgan fingerprint density at radius 3 is 1.05 bits per heavy atom. The number of carbonyl (C=O) groups is 3. The fraction of sp³-hybridized carbons (Fsp3) is 0.768. The number of unbranched alkanes of at least 4 members (excludes halogenated alkanes) is 29. The zero-order valence-electron chi connectivity index (χ0n) is 40.9. The van der Waals surface area contributed by atoms with E-state index < -0.39 is 6.10 Å². The van der Waals surface area contributed by atoms with Gasteiger partial charge in [0.2, 0.25) is 0 Å². The number of allylic oxidation sites excluding steroid dienone is 10. The molecule has 0 aromatic rings. The Balaban J connectivity index is 4.37. The zero-order valence-corrected chi connectivity index (χ0v) is 40.9. The maximum absolute atomic E-state index is 12.8. The minimum absolute atomic E-state index is 0.0897. The van der Waals surface area contributed by atoms with Gasteiger partial charge in [-0.05, 0) is 64.2 Å². The van der Waals surface area contributed by atoms with Crippen LogP contribution >= 0.6 is 0 Å². The molecule has 1 unspecified atom stereocenters. The van der Waals surface area contributed by atoms with Crippen molar-refractivity contribution < 1.29 is 28.6 Å². The molecule has 0 aliphatic rings. The normalized spacial score (nSPS) is 12.5. The average Bonchev–Trinajstić information content (AvgIpc) is 3.27. The highest BCUT2D eigenvalue weighted by Gasteiger charge is 2.19. The lowest BCUT2D eigenvalue weighted by atomic mass is 10.0. The molecule has 358 valence electrons. The Hall–Kier alpha value is -2.89. The van der Waals surface area contributed by atoms with Crippen LogP contribution in [0.3, 0.4) is 0 Å². The van der Waals surface area contributed by atoms with Gasteiger partial charge in [-0.15, -0.1) is 0 Å². The van der Waals surface area contributed by atoms with Crippen LogP contribution in [0.2, 0.25) is 0 Å². The molecule has 0 spiro atoms. The standard InChI is InChI=1S/C56H98O6/c1-4-7-10-13-16-19-22-25-26-27-28-29-30-32-34-37-40-43-46-49-55(58)61-52-53(51-60-54(57)48-45-42-39-36-33-24-21-18-15-12-9-6-3)62-56(59)50-47-44-41-38-35-31-23-20-17-14-11-8-5-2/h8,11,14,17,20,23,27-28,31,35,53H,4-7,9-10,12-13,15-16,18-19,21-22,24-26,29-30,32-34,36-52H2,1-3H3/b11-8-,17-14-,23-20-,28-27-,35-31-. The third-order valence-electron chi connectivity index (χ3n) is 11.4. The number of rotatable bonds is 47. The summed E-state index contributed by atoms with van der Waals surface area (Å²) in [5.74, 6) is -0.928. The van der Waals surface area contributed by atoms with Gasteiger partial charge < -0.3 is 14.2 Å². The second-order valence-electron chi connectivity index (χ2n) is 17.5. The molecule has 0 aromatic carbocycles. The molecular formula is C56H98O6. The van der Waals surface area contributed by atoms with E-state index in [1.54, 1.807) is 0 Å². The Bertz CT molecular complexity index is 1130. The van der Waals surface area contributed by atoms with Crippen LogP contribution in [0.15, 0.2) is 60.8 Å². The molecule has 0 aromatic heterocycles. The largest absolute Gasteiger partial charge is 0.462 e. The molecule has 6 heteroatoms. The third-order valence-corrected chi connectivity index (χ3v) is 11.4. The van der Waals surface area contributed by atoms with E-state index in [4.69, 9.17) is 14.2 Å². The first kappa shape index (κ1) is 59.1. The smallest absolute Gasteiger partial charge is 0.306 e. The van der Waals surface area contributed by atoms with Crippen molar-refractivity contribution in [2.45, 2.75) is 264 Å². The highest BCUT2D eigenvalue weighted by Crippen LogP contribution is 2.15. The first-order valence-electron chi connectivity index (χ1n) is 26.3. The summed E-state index contributed by atoms with van der Waals surface area (Å²) in [7, 11) is 0. The van der Waals surface area contributed by atoms with Crippen LogP contribution in [-0.2, 0) is 28.6 Å². The van der Waals surface area contributed by atoms with E-state index >= 15 is 0 Å².